The van der Waals surface area contributed by atoms with E-state index in [9.17, 15) is 22.8 Å². The quantitative estimate of drug-likeness (QED) is 0.777. The van der Waals surface area contributed by atoms with Crippen LogP contribution in [0.25, 0.3) is 0 Å². The Morgan fingerprint density at radius 2 is 2.08 bits per heavy atom. The molecule has 0 bridgehead atoms. The highest BCUT2D eigenvalue weighted by molar-refractivity contribution is 6.04. The number of carbonyl (C=O) groups excluding carboxylic acids is 2. The van der Waals surface area contributed by atoms with Gasteiger partial charge in [-0.1, -0.05) is 6.42 Å². The summed E-state index contributed by atoms with van der Waals surface area (Å²) in [7, 11) is 0. The molecule has 9 heteroatoms. The van der Waals surface area contributed by atoms with E-state index in [-0.39, 0.29) is 36.0 Å². The Balaban J connectivity index is 2.06. The summed E-state index contributed by atoms with van der Waals surface area (Å²) in [6.45, 7) is 3.09. The van der Waals surface area contributed by atoms with Crippen LogP contribution in [0.2, 0.25) is 0 Å². The first-order valence-corrected chi connectivity index (χ1v) is 8.16. The van der Waals surface area contributed by atoms with Gasteiger partial charge in [0, 0.05) is 17.9 Å². The van der Waals surface area contributed by atoms with Gasteiger partial charge in [0.1, 0.15) is 23.4 Å². The molecule has 1 aromatic rings. The molecule has 1 aromatic heterocycles. The lowest BCUT2D eigenvalue weighted by Gasteiger charge is -2.26. The van der Waals surface area contributed by atoms with Crippen LogP contribution in [0, 0.1) is 18.8 Å². The van der Waals surface area contributed by atoms with Gasteiger partial charge < -0.3 is 4.74 Å². The van der Waals surface area contributed by atoms with Crippen molar-refractivity contribution in [3.63, 3.8) is 0 Å². The lowest BCUT2D eigenvalue weighted by Crippen LogP contribution is -2.43. The fourth-order valence-electron chi connectivity index (χ4n) is 3.76. The van der Waals surface area contributed by atoms with Crippen LogP contribution in [0.15, 0.2) is 6.07 Å². The summed E-state index contributed by atoms with van der Waals surface area (Å²) >= 11 is 0. The Labute approximate surface area is 142 Å². The third kappa shape index (κ3) is 3.07. The van der Waals surface area contributed by atoms with Gasteiger partial charge in [0.15, 0.2) is 0 Å². The first kappa shape index (κ1) is 17.6. The van der Waals surface area contributed by atoms with Crippen molar-refractivity contribution < 1.29 is 27.5 Å². The molecule has 2 aliphatic rings. The maximum absolute atomic E-state index is 13.1. The summed E-state index contributed by atoms with van der Waals surface area (Å²) < 4.78 is 44.2. The predicted molar refractivity (Wildman–Crippen MR) is 80.5 cm³/mol. The van der Waals surface area contributed by atoms with Gasteiger partial charge >= 0.3 is 12.1 Å². The minimum absolute atomic E-state index is 0.114. The molecule has 1 saturated carbocycles. The number of halogens is 3. The van der Waals surface area contributed by atoms with E-state index < -0.39 is 23.9 Å². The molecule has 1 aliphatic carbocycles. The van der Waals surface area contributed by atoms with E-state index >= 15 is 0 Å². The van der Waals surface area contributed by atoms with Crippen molar-refractivity contribution >= 4 is 17.7 Å². The van der Waals surface area contributed by atoms with Crippen LogP contribution in [0.4, 0.5) is 19.0 Å². The fraction of sp³-hybridized carbons (Fsp3) is 0.625. The van der Waals surface area contributed by atoms with Crippen LogP contribution in [0.1, 0.15) is 37.7 Å². The number of fused-ring (bicyclic) bond motifs is 1. The number of nitrogens with zero attached hydrogens (tertiary/aromatic N) is 3. The van der Waals surface area contributed by atoms with Crippen LogP contribution in [-0.4, -0.2) is 34.5 Å². The van der Waals surface area contributed by atoms with E-state index in [0.717, 1.165) is 17.4 Å². The molecule has 0 aromatic carbocycles. The molecule has 0 radical (unpaired) electrons. The number of ether oxygens (including phenoxy) is 1. The Hall–Kier alpha value is -2.19. The van der Waals surface area contributed by atoms with Gasteiger partial charge in [0.05, 0.1) is 6.61 Å². The predicted octanol–water partition coefficient (Wildman–Crippen LogP) is 2.50. The van der Waals surface area contributed by atoms with E-state index in [1.54, 1.807) is 6.92 Å². The van der Waals surface area contributed by atoms with Crippen molar-refractivity contribution in [2.75, 3.05) is 11.5 Å². The molecule has 3 rings (SSSR count). The summed E-state index contributed by atoms with van der Waals surface area (Å²) in [5.41, 5.74) is -1.14. The smallest absolute Gasteiger partial charge is 0.433 e. The molecular formula is C16H18F3N3O3. The van der Waals surface area contributed by atoms with Gasteiger partial charge in [-0.25, -0.2) is 14.8 Å². The maximum Gasteiger partial charge on any atom is 0.433 e. The summed E-state index contributed by atoms with van der Waals surface area (Å²) in [5.74, 6) is -1.91. The minimum Gasteiger partial charge on any atom is -0.464 e. The van der Waals surface area contributed by atoms with Crippen LogP contribution in [-0.2, 0) is 20.5 Å². The number of anilines is 1. The monoisotopic (exact) mass is 357 g/mol. The van der Waals surface area contributed by atoms with Crippen LogP contribution < -0.4 is 4.90 Å². The number of rotatable bonds is 3. The molecule has 25 heavy (non-hydrogen) atoms. The first-order valence-electron chi connectivity index (χ1n) is 8.16. The minimum atomic E-state index is -4.67. The zero-order valence-electron chi connectivity index (χ0n) is 13.8. The average molecular weight is 357 g/mol. The second kappa shape index (κ2) is 6.27. The van der Waals surface area contributed by atoms with Gasteiger partial charge in [-0.3, -0.25) is 9.69 Å². The number of aromatic nitrogens is 2. The van der Waals surface area contributed by atoms with Crippen LogP contribution in [0.3, 0.4) is 0 Å². The molecule has 6 nitrogen and oxygen atoms in total. The molecule has 0 spiro atoms. The van der Waals surface area contributed by atoms with Crippen LogP contribution in [0.5, 0.6) is 0 Å². The lowest BCUT2D eigenvalue weighted by atomic mass is 9.94. The van der Waals surface area contributed by atoms with Gasteiger partial charge in [0.2, 0.25) is 5.91 Å². The van der Waals surface area contributed by atoms with Gasteiger partial charge in [-0.2, -0.15) is 13.2 Å². The molecule has 2 fully saturated rings. The van der Waals surface area contributed by atoms with E-state index in [2.05, 4.69) is 9.97 Å². The Morgan fingerprint density at radius 1 is 1.36 bits per heavy atom. The van der Waals surface area contributed by atoms with Crippen molar-refractivity contribution in [2.45, 2.75) is 45.3 Å². The number of carbonyl (C=O) groups is 2. The summed E-state index contributed by atoms with van der Waals surface area (Å²) in [5, 5.41) is 0. The standard InChI is InChI=1S/C16H18F3N3O3/c1-3-25-15(24)13-9-5-4-6-10(9)14(23)22(13)12-7-11(16(17,18)19)20-8(2)21-12/h7,9-10,13H,3-6H2,1-2H3/t9-,10+,13-/m0/s1. The second-order valence-corrected chi connectivity index (χ2v) is 6.26. The molecule has 0 N–H and O–H groups in total. The summed E-state index contributed by atoms with van der Waals surface area (Å²) in [6.07, 6.45) is -2.58. The van der Waals surface area contributed by atoms with Gasteiger partial charge in [0.25, 0.3) is 0 Å². The molecule has 136 valence electrons. The highest BCUT2D eigenvalue weighted by atomic mass is 19.4. The van der Waals surface area contributed by atoms with Crippen molar-refractivity contribution in [2.24, 2.45) is 11.8 Å². The highest BCUT2D eigenvalue weighted by Gasteiger charge is 2.55. The summed E-state index contributed by atoms with van der Waals surface area (Å²) in [4.78, 5) is 33.6. The topological polar surface area (TPSA) is 72.4 Å². The van der Waals surface area contributed by atoms with Gasteiger partial charge in [-0.05, 0) is 26.7 Å². The van der Waals surface area contributed by atoms with Crippen molar-refractivity contribution in [3.8, 4) is 0 Å². The van der Waals surface area contributed by atoms with Crippen molar-refractivity contribution in [1.82, 2.24) is 9.97 Å². The van der Waals surface area contributed by atoms with Crippen molar-refractivity contribution in [1.29, 1.82) is 0 Å². The molecule has 1 saturated heterocycles. The van der Waals surface area contributed by atoms with E-state index in [0.29, 0.717) is 12.8 Å². The molecule has 0 unspecified atom stereocenters. The zero-order valence-corrected chi connectivity index (χ0v) is 13.8. The van der Waals surface area contributed by atoms with E-state index in [1.165, 1.54) is 6.92 Å². The number of hydrogen-bond donors (Lipinski definition) is 0. The number of hydrogen-bond acceptors (Lipinski definition) is 5. The average Bonchev–Trinajstić information content (AvgIpc) is 3.08. The number of aryl methyl sites for hydroxylation is 1. The molecule has 1 amide bonds. The van der Waals surface area contributed by atoms with Gasteiger partial charge in [-0.15, -0.1) is 0 Å². The largest absolute Gasteiger partial charge is 0.464 e. The molecule has 1 aliphatic heterocycles. The normalized spacial score (nSPS) is 26.0. The third-order valence-corrected chi connectivity index (χ3v) is 4.70. The number of amides is 1. The number of esters is 1. The number of alkyl halides is 3. The Kier molecular flexibility index (Phi) is 4.42. The summed E-state index contributed by atoms with van der Waals surface area (Å²) in [6, 6.07) is -0.214. The molecular weight excluding hydrogens is 339 g/mol. The SMILES string of the molecule is CCOC(=O)[C@@H]1[C@H]2CCC[C@H]2C(=O)N1c1cc(C(F)(F)F)nc(C)n1. The van der Waals surface area contributed by atoms with Crippen LogP contribution >= 0.6 is 0 Å². The molecule has 3 atom stereocenters. The first-order chi connectivity index (χ1) is 11.7. The second-order valence-electron chi connectivity index (χ2n) is 6.26. The molecule has 2 heterocycles. The van der Waals surface area contributed by atoms with E-state index in [4.69, 9.17) is 4.74 Å². The third-order valence-electron chi connectivity index (χ3n) is 4.70. The zero-order chi connectivity index (χ0) is 18.4. The Bertz CT molecular complexity index is 708. The lowest BCUT2D eigenvalue weighted by molar-refractivity contribution is -0.145. The van der Waals surface area contributed by atoms with Crippen molar-refractivity contribution in [3.05, 3.63) is 17.6 Å². The van der Waals surface area contributed by atoms with E-state index in [1.807, 2.05) is 0 Å². The maximum atomic E-state index is 13.1. The Morgan fingerprint density at radius 3 is 2.72 bits per heavy atom. The fourth-order valence-corrected chi connectivity index (χ4v) is 3.76. The highest BCUT2D eigenvalue weighted by Crippen LogP contribution is 2.45.